The molecule has 0 fully saturated rings. The standard InChI is InChI=1S/C15H13ClN2O/c1-19-15-7-3-6-13-10-17-14(18(13)15)9-11-4-2-5-12(16)8-11/h2-8,10H,9H2,1H3. The van der Waals surface area contributed by atoms with Crippen LogP contribution >= 0.6 is 11.6 Å². The largest absolute Gasteiger partial charge is 0.482 e. The molecule has 0 amide bonds. The highest BCUT2D eigenvalue weighted by atomic mass is 35.5. The van der Waals surface area contributed by atoms with Crippen LogP contribution in [0.3, 0.4) is 0 Å². The van der Waals surface area contributed by atoms with Crippen molar-refractivity contribution in [2.75, 3.05) is 7.11 Å². The monoisotopic (exact) mass is 272 g/mol. The Labute approximate surface area is 116 Å². The normalized spacial score (nSPS) is 10.8. The second-order valence-electron chi connectivity index (χ2n) is 4.31. The topological polar surface area (TPSA) is 26.5 Å². The quantitative estimate of drug-likeness (QED) is 0.728. The van der Waals surface area contributed by atoms with Gasteiger partial charge in [0.1, 0.15) is 5.82 Å². The van der Waals surface area contributed by atoms with Crippen molar-refractivity contribution in [3.8, 4) is 5.88 Å². The molecule has 0 bridgehead atoms. The van der Waals surface area contributed by atoms with Crippen molar-refractivity contribution in [2.45, 2.75) is 6.42 Å². The number of hydrogen-bond acceptors (Lipinski definition) is 2. The summed E-state index contributed by atoms with van der Waals surface area (Å²) in [6.07, 6.45) is 2.57. The molecule has 1 aromatic carbocycles. The minimum Gasteiger partial charge on any atom is -0.482 e. The average molecular weight is 273 g/mol. The molecule has 0 atom stereocenters. The van der Waals surface area contributed by atoms with Gasteiger partial charge in [0.2, 0.25) is 0 Å². The van der Waals surface area contributed by atoms with Crippen LogP contribution in [0, 0.1) is 0 Å². The Morgan fingerprint density at radius 3 is 2.84 bits per heavy atom. The van der Waals surface area contributed by atoms with Crippen LogP contribution in [0.2, 0.25) is 5.02 Å². The molecule has 19 heavy (non-hydrogen) atoms. The van der Waals surface area contributed by atoms with Gasteiger partial charge in [-0.1, -0.05) is 29.8 Å². The number of rotatable bonds is 3. The molecule has 96 valence electrons. The Morgan fingerprint density at radius 2 is 2.05 bits per heavy atom. The first-order valence-corrected chi connectivity index (χ1v) is 6.39. The predicted octanol–water partition coefficient (Wildman–Crippen LogP) is 3.59. The number of aromatic nitrogens is 2. The van der Waals surface area contributed by atoms with Crippen molar-refractivity contribution in [3.63, 3.8) is 0 Å². The third-order valence-electron chi connectivity index (χ3n) is 3.05. The number of benzene rings is 1. The van der Waals surface area contributed by atoms with E-state index in [1.165, 1.54) is 0 Å². The minimum atomic E-state index is 0.717. The van der Waals surface area contributed by atoms with Gasteiger partial charge in [0.05, 0.1) is 18.8 Å². The van der Waals surface area contributed by atoms with Crippen LogP contribution in [0.1, 0.15) is 11.4 Å². The number of fused-ring (bicyclic) bond motifs is 1. The molecule has 3 nitrogen and oxygen atoms in total. The van der Waals surface area contributed by atoms with E-state index in [-0.39, 0.29) is 0 Å². The molecule has 3 rings (SSSR count). The maximum Gasteiger partial charge on any atom is 0.199 e. The van der Waals surface area contributed by atoms with Crippen molar-refractivity contribution in [3.05, 3.63) is 65.1 Å². The fourth-order valence-corrected chi connectivity index (χ4v) is 2.41. The lowest BCUT2D eigenvalue weighted by Crippen LogP contribution is -2.00. The Hall–Kier alpha value is -2.00. The first-order valence-electron chi connectivity index (χ1n) is 6.02. The van der Waals surface area contributed by atoms with Crippen molar-refractivity contribution in [2.24, 2.45) is 0 Å². The van der Waals surface area contributed by atoms with E-state index >= 15 is 0 Å². The Balaban J connectivity index is 2.06. The van der Waals surface area contributed by atoms with Crippen molar-refractivity contribution in [1.82, 2.24) is 9.38 Å². The first kappa shape index (κ1) is 12.1. The lowest BCUT2D eigenvalue weighted by Gasteiger charge is -2.07. The third kappa shape index (κ3) is 2.29. The molecular formula is C15H13ClN2O. The summed E-state index contributed by atoms with van der Waals surface area (Å²) in [5, 5.41) is 0.741. The van der Waals surface area contributed by atoms with Gasteiger partial charge < -0.3 is 4.74 Å². The molecule has 0 unspecified atom stereocenters. The summed E-state index contributed by atoms with van der Waals surface area (Å²) in [5.74, 6) is 1.72. The van der Waals surface area contributed by atoms with Gasteiger partial charge in [-0.25, -0.2) is 4.98 Å². The number of halogens is 1. The maximum atomic E-state index is 6.01. The predicted molar refractivity (Wildman–Crippen MR) is 76.0 cm³/mol. The molecule has 4 heteroatoms. The minimum absolute atomic E-state index is 0.717. The second-order valence-corrected chi connectivity index (χ2v) is 4.75. The summed E-state index contributed by atoms with van der Waals surface area (Å²) in [7, 11) is 1.66. The number of methoxy groups -OCH3 is 1. The van der Waals surface area contributed by atoms with Crippen LogP contribution in [0.25, 0.3) is 5.52 Å². The molecule has 0 saturated heterocycles. The summed E-state index contributed by atoms with van der Waals surface area (Å²) >= 11 is 6.01. The van der Waals surface area contributed by atoms with Crippen LogP contribution in [0.15, 0.2) is 48.7 Å². The van der Waals surface area contributed by atoms with Gasteiger partial charge in [-0.3, -0.25) is 4.40 Å². The van der Waals surface area contributed by atoms with Crippen molar-refractivity contribution in [1.29, 1.82) is 0 Å². The second kappa shape index (κ2) is 4.94. The number of ether oxygens (including phenoxy) is 1. The highest BCUT2D eigenvalue weighted by Crippen LogP contribution is 2.20. The zero-order valence-corrected chi connectivity index (χ0v) is 11.3. The number of imidazole rings is 1. The van der Waals surface area contributed by atoms with Gasteiger partial charge in [-0.15, -0.1) is 0 Å². The first-order chi connectivity index (χ1) is 9.28. The number of nitrogens with zero attached hydrogens (tertiary/aromatic N) is 2. The molecule has 0 radical (unpaired) electrons. The lowest BCUT2D eigenvalue weighted by molar-refractivity contribution is 0.390. The number of pyridine rings is 1. The molecule has 0 aliphatic heterocycles. The van der Waals surface area contributed by atoms with E-state index in [2.05, 4.69) is 4.98 Å². The van der Waals surface area contributed by atoms with Gasteiger partial charge in [-0.2, -0.15) is 0 Å². The van der Waals surface area contributed by atoms with Gasteiger partial charge in [0, 0.05) is 11.4 Å². The van der Waals surface area contributed by atoms with Gasteiger partial charge in [-0.05, 0) is 29.8 Å². The van der Waals surface area contributed by atoms with Gasteiger partial charge in [0.25, 0.3) is 0 Å². The smallest absolute Gasteiger partial charge is 0.199 e. The summed E-state index contributed by atoms with van der Waals surface area (Å²) in [6, 6.07) is 13.7. The van der Waals surface area contributed by atoms with E-state index in [0.29, 0.717) is 0 Å². The van der Waals surface area contributed by atoms with Crippen molar-refractivity contribution < 1.29 is 4.74 Å². The molecule has 0 aliphatic rings. The van der Waals surface area contributed by atoms with Crippen LogP contribution in [-0.2, 0) is 6.42 Å². The molecular weight excluding hydrogens is 260 g/mol. The van der Waals surface area contributed by atoms with E-state index in [1.807, 2.05) is 53.1 Å². The fraction of sp³-hybridized carbons (Fsp3) is 0.133. The summed E-state index contributed by atoms with van der Waals surface area (Å²) in [4.78, 5) is 4.47. The Kier molecular flexibility index (Phi) is 3.13. The average Bonchev–Trinajstić information content (AvgIpc) is 2.82. The Morgan fingerprint density at radius 1 is 1.21 bits per heavy atom. The summed E-state index contributed by atoms with van der Waals surface area (Å²) in [5.41, 5.74) is 2.15. The fourth-order valence-electron chi connectivity index (χ4n) is 2.19. The van der Waals surface area contributed by atoms with E-state index in [9.17, 15) is 0 Å². The van der Waals surface area contributed by atoms with Gasteiger partial charge >= 0.3 is 0 Å². The lowest BCUT2D eigenvalue weighted by atomic mass is 10.1. The maximum absolute atomic E-state index is 6.01. The molecule has 2 aromatic heterocycles. The third-order valence-corrected chi connectivity index (χ3v) is 3.28. The van der Waals surface area contributed by atoms with Crippen molar-refractivity contribution >= 4 is 17.1 Å². The van der Waals surface area contributed by atoms with E-state index < -0.39 is 0 Å². The Bertz CT molecular complexity index is 721. The highest BCUT2D eigenvalue weighted by Gasteiger charge is 2.08. The van der Waals surface area contributed by atoms with E-state index in [0.717, 1.165) is 34.2 Å². The molecule has 0 N–H and O–H groups in total. The SMILES string of the molecule is COc1cccc2cnc(Cc3cccc(Cl)c3)n12. The zero-order valence-electron chi connectivity index (χ0n) is 10.5. The molecule has 3 aromatic rings. The van der Waals surface area contributed by atoms with Crippen LogP contribution in [0.5, 0.6) is 5.88 Å². The highest BCUT2D eigenvalue weighted by molar-refractivity contribution is 6.30. The number of hydrogen-bond donors (Lipinski definition) is 0. The molecule has 0 spiro atoms. The summed E-state index contributed by atoms with van der Waals surface area (Å²) < 4.78 is 7.40. The van der Waals surface area contributed by atoms with Crippen LogP contribution in [0.4, 0.5) is 0 Å². The van der Waals surface area contributed by atoms with Crippen LogP contribution < -0.4 is 4.74 Å². The summed E-state index contributed by atoms with van der Waals surface area (Å²) in [6.45, 7) is 0. The van der Waals surface area contributed by atoms with E-state index in [1.54, 1.807) is 7.11 Å². The molecule has 0 aliphatic carbocycles. The van der Waals surface area contributed by atoms with E-state index in [4.69, 9.17) is 16.3 Å². The van der Waals surface area contributed by atoms with Gasteiger partial charge in [0.15, 0.2) is 5.88 Å². The molecule has 0 saturated carbocycles. The molecule has 2 heterocycles. The van der Waals surface area contributed by atoms with Crippen LogP contribution in [-0.4, -0.2) is 16.5 Å². The zero-order chi connectivity index (χ0) is 13.2.